The van der Waals surface area contributed by atoms with Gasteiger partial charge in [0.25, 0.3) is 0 Å². The van der Waals surface area contributed by atoms with Crippen LogP contribution in [0.15, 0.2) is 18.2 Å². The maximum absolute atomic E-state index is 12.4. The maximum atomic E-state index is 12.4. The van der Waals surface area contributed by atoms with Gasteiger partial charge in [-0.15, -0.1) is 0 Å². The number of hydrogen-bond donors (Lipinski definition) is 1. The number of alkyl halides is 3. The normalized spacial score (nSPS) is 11.9. The number of nitrogens with zero attached hydrogens (tertiary/aromatic N) is 2. The predicted molar refractivity (Wildman–Crippen MR) is 70.0 cm³/mol. The molecular weight excluding hydrogens is 255 g/mol. The minimum Gasteiger partial charge on any atom is -0.370 e. The van der Waals surface area contributed by atoms with Crippen LogP contribution >= 0.6 is 0 Å². The largest absolute Gasteiger partial charge is 0.401 e. The molecule has 108 valence electrons. The molecule has 0 aliphatic rings. The summed E-state index contributed by atoms with van der Waals surface area (Å²) in [6.07, 6.45) is -3.20. The molecule has 0 fully saturated rings. The van der Waals surface area contributed by atoms with Crippen LogP contribution in [0.2, 0.25) is 0 Å². The van der Waals surface area contributed by atoms with E-state index in [4.69, 9.17) is 0 Å². The first-order valence-electron chi connectivity index (χ1n) is 6.43. The average molecular weight is 275 g/mol. The standard InChI is InChI=1S/C13H20F3N3/c1-3-8-17-12-7-5-6-11(18-12)9-19(4-2)10-13(14,15)16/h5-7H,3-4,8-10H2,1-2H3,(H,17,18). The Labute approximate surface area is 111 Å². The van der Waals surface area contributed by atoms with E-state index >= 15 is 0 Å². The average Bonchev–Trinajstić information content (AvgIpc) is 2.34. The lowest BCUT2D eigenvalue weighted by Crippen LogP contribution is -2.33. The van der Waals surface area contributed by atoms with Crippen molar-refractivity contribution in [1.82, 2.24) is 9.88 Å². The lowest BCUT2D eigenvalue weighted by atomic mass is 10.3. The first kappa shape index (κ1) is 15.8. The summed E-state index contributed by atoms with van der Waals surface area (Å²) >= 11 is 0. The van der Waals surface area contributed by atoms with Gasteiger partial charge in [-0.05, 0) is 25.1 Å². The van der Waals surface area contributed by atoms with E-state index in [0.717, 1.165) is 13.0 Å². The second kappa shape index (κ2) is 7.33. The van der Waals surface area contributed by atoms with Crippen molar-refractivity contribution in [2.75, 3.05) is 25.0 Å². The van der Waals surface area contributed by atoms with Gasteiger partial charge in [0.15, 0.2) is 0 Å². The van der Waals surface area contributed by atoms with Crippen LogP contribution in [0.25, 0.3) is 0 Å². The molecule has 0 atom stereocenters. The van der Waals surface area contributed by atoms with Crippen molar-refractivity contribution in [1.29, 1.82) is 0 Å². The van der Waals surface area contributed by atoms with Crippen LogP contribution in [0.3, 0.4) is 0 Å². The molecule has 0 spiro atoms. The predicted octanol–water partition coefficient (Wildman–Crippen LogP) is 3.29. The molecule has 1 N–H and O–H groups in total. The van der Waals surface area contributed by atoms with Crippen LogP contribution in [0, 0.1) is 0 Å². The third kappa shape index (κ3) is 6.42. The molecule has 0 aliphatic heterocycles. The number of aromatic nitrogens is 1. The molecular formula is C13H20F3N3. The molecule has 0 unspecified atom stereocenters. The Balaban J connectivity index is 2.63. The zero-order valence-electron chi connectivity index (χ0n) is 11.3. The van der Waals surface area contributed by atoms with Crippen LogP contribution in [0.1, 0.15) is 26.0 Å². The van der Waals surface area contributed by atoms with Gasteiger partial charge in [-0.2, -0.15) is 13.2 Å². The Hall–Kier alpha value is -1.30. The minimum absolute atomic E-state index is 0.206. The first-order valence-corrected chi connectivity index (χ1v) is 6.43. The Bertz CT molecular complexity index is 380. The van der Waals surface area contributed by atoms with E-state index in [2.05, 4.69) is 10.3 Å². The molecule has 0 radical (unpaired) electrons. The molecule has 0 aliphatic carbocycles. The molecule has 6 heteroatoms. The molecule has 0 saturated heterocycles. The number of anilines is 1. The van der Waals surface area contributed by atoms with E-state index in [1.807, 2.05) is 19.1 Å². The van der Waals surface area contributed by atoms with Crippen LogP contribution in [0.5, 0.6) is 0 Å². The number of pyridine rings is 1. The molecule has 1 aromatic rings. The van der Waals surface area contributed by atoms with Gasteiger partial charge < -0.3 is 5.32 Å². The molecule has 19 heavy (non-hydrogen) atoms. The lowest BCUT2D eigenvalue weighted by molar-refractivity contribution is -0.146. The van der Waals surface area contributed by atoms with E-state index in [1.54, 1.807) is 13.0 Å². The first-order chi connectivity index (χ1) is 8.94. The molecule has 1 heterocycles. The number of rotatable bonds is 7. The summed E-state index contributed by atoms with van der Waals surface area (Å²) < 4.78 is 37.1. The van der Waals surface area contributed by atoms with Gasteiger partial charge in [0.2, 0.25) is 0 Å². The Morgan fingerprint density at radius 3 is 2.58 bits per heavy atom. The van der Waals surface area contributed by atoms with Gasteiger partial charge in [0, 0.05) is 13.1 Å². The molecule has 1 rings (SSSR count). The van der Waals surface area contributed by atoms with E-state index < -0.39 is 12.7 Å². The smallest absolute Gasteiger partial charge is 0.370 e. The van der Waals surface area contributed by atoms with E-state index in [9.17, 15) is 13.2 Å². The van der Waals surface area contributed by atoms with Gasteiger partial charge in [-0.25, -0.2) is 4.98 Å². The molecule has 0 saturated carbocycles. The summed E-state index contributed by atoms with van der Waals surface area (Å²) in [6, 6.07) is 5.37. The SMILES string of the molecule is CCCNc1cccc(CN(CC)CC(F)(F)F)n1. The fourth-order valence-electron chi connectivity index (χ4n) is 1.68. The lowest BCUT2D eigenvalue weighted by Gasteiger charge is -2.21. The summed E-state index contributed by atoms with van der Waals surface area (Å²) in [6.45, 7) is 4.20. The second-order valence-electron chi connectivity index (χ2n) is 4.36. The topological polar surface area (TPSA) is 28.2 Å². The fourth-order valence-corrected chi connectivity index (χ4v) is 1.68. The van der Waals surface area contributed by atoms with Crippen molar-refractivity contribution >= 4 is 5.82 Å². The van der Waals surface area contributed by atoms with Gasteiger partial charge in [-0.1, -0.05) is 19.9 Å². The van der Waals surface area contributed by atoms with Crippen molar-refractivity contribution in [2.24, 2.45) is 0 Å². The number of nitrogens with one attached hydrogen (secondary N) is 1. The van der Waals surface area contributed by atoms with Crippen molar-refractivity contribution in [2.45, 2.75) is 33.0 Å². The fraction of sp³-hybridized carbons (Fsp3) is 0.615. The highest BCUT2D eigenvalue weighted by molar-refractivity contribution is 5.35. The van der Waals surface area contributed by atoms with E-state index in [0.29, 0.717) is 18.1 Å². The molecule has 0 aromatic carbocycles. The summed E-state index contributed by atoms with van der Waals surface area (Å²) in [7, 11) is 0. The molecule has 0 bridgehead atoms. The van der Waals surface area contributed by atoms with E-state index in [1.165, 1.54) is 4.90 Å². The summed E-state index contributed by atoms with van der Waals surface area (Å²) in [4.78, 5) is 5.63. The van der Waals surface area contributed by atoms with Crippen molar-refractivity contribution in [3.8, 4) is 0 Å². The zero-order valence-corrected chi connectivity index (χ0v) is 11.3. The highest BCUT2D eigenvalue weighted by Crippen LogP contribution is 2.17. The van der Waals surface area contributed by atoms with Crippen LogP contribution < -0.4 is 5.32 Å². The van der Waals surface area contributed by atoms with Gasteiger partial charge in [0.05, 0.1) is 12.2 Å². The molecule has 3 nitrogen and oxygen atoms in total. The zero-order chi connectivity index (χ0) is 14.3. The molecule has 1 aromatic heterocycles. The summed E-state index contributed by atoms with van der Waals surface area (Å²) in [5.74, 6) is 0.711. The van der Waals surface area contributed by atoms with Crippen molar-refractivity contribution in [3.05, 3.63) is 23.9 Å². The number of halogens is 3. The highest BCUT2D eigenvalue weighted by atomic mass is 19.4. The van der Waals surface area contributed by atoms with Crippen LogP contribution in [0.4, 0.5) is 19.0 Å². The number of hydrogen-bond acceptors (Lipinski definition) is 3. The summed E-state index contributed by atoms with van der Waals surface area (Å²) in [5.41, 5.74) is 0.646. The van der Waals surface area contributed by atoms with Crippen LogP contribution in [-0.4, -0.2) is 35.7 Å². The molecule has 0 amide bonds. The highest BCUT2D eigenvalue weighted by Gasteiger charge is 2.30. The Morgan fingerprint density at radius 2 is 2.00 bits per heavy atom. The maximum Gasteiger partial charge on any atom is 0.401 e. The van der Waals surface area contributed by atoms with Gasteiger partial charge >= 0.3 is 6.18 Å². The summed E-state index contributed by atoms with van der Waals surface area (Å²) in [5, 5.41) is 3.12. The van der Waals surface area contributed by atoms with E-state index in [-0.39, 0.29) is 6.54 Å². The quantitative estimate of drug-likeness (QED) is 0.827. The second-order valence-corrected chi connectivity index (χ2v) is 4.36. The Morgan fingerprint density at radius 1 is 1.26 bits per heavy atom. The van der Waals surface area contributed by atoms with Gasteiger partial charge in [-0.3, -0.25) is 4.90 Å². The van der Waals surface area contributed by atoms with Crippen LogP contribution in [-0.2, 0) is 6.54 Å². The third-order valence-electron chi connectivity index (χ3n) is 2.60. The third-order valence-corrected chi connectivity index (χ3v) is 2.60. The van der Waals surface area contributed by atoms with Crippen molar-refractivity contribution in [3.63, 3.8) is 0 Å². The van der Waals surface area contributed by atoms with Gasteiger partial charge in [0.1, 0.15) is 5.82 Å². The monoisotopic (exact) mass is 275 g/mol. The Kier molecular flexibility index (Phi) is 6.08. The minimum atomic E-state index is -4.17. The van der Waals surface area contributed by atoms with Crippen molar-refractivity contribution < 1.29 is 13.2 Å².